The molecule has 2 heterocycles. The van der Waals surface area contributed by atoms with Gasteiger partial charge in [-0.1, -0.05) is 12.1 Å². The molecule has 7 heteroatoms. The number of rotatable bonds is 1. The van der Waals surface area contributed by atoms with Crippen molar-refractivity contribution in [2.75, 3.05) is 19.6 Å². The van der Waals surface area contributed by atoms with Crippen LogP contribution in [0.4, 0.5) is 5.82 Å². The highest BCUT2D eigenvalue weighted by atomic mass is 15.0. The Balaban J connectivity index is 0.000000194. The first-order chi connectivity index (χ1) is 10.2. The summed E-state index contributed by atoms with van der Waals surface area (Å²) in [4.78, 5) is 12.0. The molecule has 0 bridgehead atoms. The molecule has 2 aromatic rings. The summed E-state index contributed by atoms with van der Waals surface area (Å²) in [6, 6.07) is 8.21. The number of hydrogen-bond acceptors (Lipinski definition) is 5. The minimum absolute atomic E-state index is 0.00569. The molecule has 7 nitrogen and oxygen atoms in total. The second-order valence-corrected chi connectivity index (χ2v) is 4.81. The number of nitrogens with two attached hydrogens (primary N) is 2. The molecule has 0 spiro atoms. The summed E-state index contributed by atoms with van der Waals surface area (Å²) in [6.07, 6.45) is 1.43. The topological polar surface area (TPSA) is 114 Å². The highest BCUT2D eigenvalue weighted by molar-refractivity contribution is 5.90. The van der Waals surface area contributed by atoms with E-state index in [0.717, 1.165) is 30.5 Å². The largest absolute Gasteiger partial charge is 0.370 e. The fraction of sp³-hybridized carbons (Fsp3) is 0.357. The van der Waals surface area contributed by atoms with E-state index < -0.39 is 0 Å². The van der Waals surface area contributed by atoms with E-state index >= 15 is 0 Å². The number of para-hydroxylation sites is 1. The molecule has 0 amide bonds. The van der Waals surface area contributed by atoms with Gasteiger partial charge < -0.3 is 22.1 Å². The summed E-state index contributed by atoms with van der Waals surface area (Å²) in [6.45, 7) is 5.57. The Morgan fingerprint density at radius 2 is 2.05 bits per heavy atom. The Morgan fingerprint density at radius 1 is 1.24 bits per heavy atom. The summed E-state index contributed by atoms with van der Waals surface area (Å²) in [5.41, 5.74) is 11.4. The van der Waals surface area contributed by atoms with Crippen LogP contribution in [0, 0.1) is 0 Å². The van der Waals surface area contributed by atoms with Gasteiger partial charge in [-0.2, -0.15) is 4.99 Å². The summed E-state index contributed by atoms with van der Waals surface area (Å²) in [5.74, 6) is 0.490. The van der Waals surface area contributed by atoms with E-state index in [2.05, 4.69) is 32.5 Å². The number of piperazine rings is 1. The molecule has 1 unspecified atom stereocenters. The van der Waals surface area contributed by atoms with Crippen LogP contribution in [0.1, 0.15) is 6.92 Å². The van der Waals surface area contributed by atoms with E-state index in [1.807, 2.05) is 24.3 Å². The number of benzene rings is 1. The summed E-state index contributed by atoms with van der Waals surface area (Å²) in [5, 5.41) is 7.43. The van der Waals surface area contributed by atoms with E-state index in [9.17, 15) is 0 Å². The third-order valence-corrected chi connectivity index (χ3v) is 3.00. The van der Waals surface area contributed by atoms with E-state index in [4.69, 9.17) is 11.5 Å². The zero-order chi connectivity index (χ0) is 15.1. The maximum Gasteiger partial charge on any atom is 0.192 e. The van der Waals surface area contributed by atoms with Crippen molar-refractivity contribution in [1.29, 1.82) is 0 Å². The Labute approximate surface area is 123 Å². The summed E-state index contributed by atoms with van der Waals surface area (Å²) in [7, 11) is 0. The Hall–Kier alpha value is -2.25. The third-order valence-electron chi connectivity index (χ3n) is 3.00. The standard InChI is InChI=1S/C9H9N5.C5H12N2/c10-9(11)14-8-6-3-1-2-4-7(6)12-5-13-8;1-5-4-6-2-3-7-5/h1-5H,(H4,10,11,12,13,14);5-7H,2-4H2,1H3. The van der Waals surface area contributed by atoms with Crippen molar-refractivity contribution in [1.82, 2.24) is 20.6 Å². The minimum atomic E-state index is -0.00569. The zero-order valence-electron chi connectivity index (χ0n) is 12.1. The molecule has 0 radical (unpaired) electrons. The zero-order valence-corrected chi connectivity index (χ0v) is 12.1. The number of guanidine groups is 1. The summed E-state index contributed by atoms with van der Waals surface area (Å²) >= 11 is 0. The predicted octanol–water partition coefficient (Wildman–Crippen LogP) is 0.102. The molecule has 1 saturated heterocycles. The molecule has 112 valence electrons. The van der Waals surface area contributed by atoms with Gasteiger partial charge in [0.2, 0.25) is 0 Å². The molecule has 3 rings (SSSR count). The fourth-order valence-corrected chi connectivity index (χ4v) is 2.00. The molecular formula is C14H21N7. The van der Waals surface area contributed by atoms with E-state index in [1.165, 1.54) is 6.33 Å². The van der Waals surface area contributed by atoms with Crippen LogP contribution in [0.3, 0.4) is 0 Å². The van der Waals surface area contributed by atoms with Crippen molar-refractivity contribution < 1.29 is 0 Å². The second kappa shape index (κ2) is 7.51. The number of hydrogen-bond donors (Lipinski definition) is 4. The molecule has 1 aromatic carbocycles. The first-order valence-corrected chi connectivity index (χ1v) is 6.90. The van der Waals surface area contributed by atoms with E-state index in [1.54, 1.807) is 0 Å². The molecular weight excluding hydrogens is 266 g/mol. The lowest BCUT2D eigenvalue weighted by Crippen LogP contribution is -2.46. The smallest absolute Gasteiger partial charge is 0.192 e. The Kier molecular flexibility index (Phi) is 5.42. The van der Waals surface area contributed by atoms with Gasteiger partial charge in [-0.3, -0.25) is 0 Å². The van der Waals surface area contributed by atoms with E-state index in [-0.39, 0.29) is 5.96 Å². The third kappa shape index (κ3) is 4.66. The lowest BCUT2D eigenvalue weighted by molar-refractivity contribution is 0.442. The quantitative estimate of drug-likeness (QED) is 0.437. The molecule has 1 aliphatic heterocycles. The van der Waals surface area contributed by atoms with Crippen LogP contribution in [0.25, 0.3) is 10.9 Å². The maximum atomic E-state index is 5.28. The molecule has 1 fully saturated rings. The van der Waals surface area contributed by atoms with Gasteiger partial charge in [0.15, 0.2) is 11.8 Å². The van der Waals surface area contributed by atoms with Crippen LogP contribution < -0.4 is 22.1 Å². The van der Waals surface area contributed by atoms with Crippen LogP contribution in [0.2, 0.25) is 0 Å². The highest BCUT2D eigenvalue weighted by Crippen LogP contribution is 2.20. The summed E-state index contributed by atoms with van der Waals surface area (Å²) < 4.78 is 0. The molecule has 1 aliphatic rings. The molecule has 0 aliphatic carbocycles. The first kappa shape index (κ1) is 15.1. The Morgan fingerprint density at radius 3 is 2.67 bits per heavy atom. The second-order valence-electron chi connectivity index (χ2n) is 4.81. The van der Waals surface area contributed by atoms with Crippen molar-refractivity contribution in [2.24, 2.45) is 16.5 Å². The van der Waals surface area contributed by atoms with Gasteiger partial charge in [0.05, 0.1) is 5.52 Å². The van der Waals surface area contributed by atoms with Crippen molar-refractivity contribution >= 4 is 22.7 Å². The van der Waals surface area contributed by atoms with Crippen LogP contribution in [0.5, 0.6) is 0 Å². The molecule has 21 heavy (non-hydrogen) atoms. The first-order valence-electron chi connectivity index (χ1n) is 6.90. The number of nitrogens with one attached hydrogen (secondary N) is 2. The van der Waals surface area contributed by atoms with Gasteiger partial charge >= 0.3 is 0 Å². The average Bonchev–Trinajstić information content (AvgIpc) is 2.49. The average molecular weight is 287 g/mol. The maximum absolute atomic E-state index is 5.28. The monoisotopic (exact) mass is 287 g/mol. The normalized spacial score (nSPS) is 17.7. The minimum Gasteiger partial charge on any atom is -0.370 e. The van der Waals surface area contributed by atoms with Gasteiger partial charge in [0.1, 0.15) is 6.33 Å². The van der Waals surface area contributed by atoms with Gasteiger partial charge in [0, 0.05) is 31.1 Å². The van der Waals surface area contributed by atoms with Crippen molar-refractivity contribution in [2.45, 2.75) is 13.0 Å². The lowest BCUT2D eigenvalue weighted by Gasteiger charge is -2.19. The predicted molar refractivity (Wildman–Crippen MR) is 85.3 cm³/mol. The van der Waals surface area contributed by atoms with Gasteiger partial charge in [0.25, 0.3) is 0 Å². The lowest BCUT2D eigenvalue weighted by atomic mass is 10.2. The molecule has 0 saturated carbocycles. The van der Waals surface area contributed by atoms with Gasteiger partial charge in [-0.05, 0) is 19.1 Å². The van der Waals surface area contributed by atoms with Crippen LogP contribution in [-0.4, -0.2) is 41.6 Å². The fourth-order valence-electron chi connectivity index (χ4n) is 2.00. The van der Waals surface area contributed by atoms with Gasteiger partial charge in [-0.25, -0.2) is 9.97 Å². The Bertz CT molecular complexity index is 596. The van der Waals surface area contributed by atoms with Crippen molar-refractivity contribution in [3.63, 3.8) is 0 Å². The van der Waals surface area contributed by atoms with Gasteiger partial charge in [-0.15, -0.1) is 0 Å². The molecule has 1 atom stereocenters. The number of aliphatic imine (C=N–C) groups is 1. The number of aromatic nitrogens is 2. The number of fused-ring (bicyclic) bond motifs is 1. The van der Waals surface area contributed by atoms with Crippen molar-refractivity contribution in [3.05, 3.63) is 30.6 Å². The SMILES string of the molecule is CC1CNCCN1.NC(N)=Nc1ncnc2ccccc12. The molecule has 1 aromatic heterocycles. The van der Waals surface area contributed by atoms with E-state index in [0.29, 0.717) is 11.9 Å². The van der Waals surface area contributed by atoms with Crippen LogP contribution >= 0.6 is 0 Å². The molecule has 6 N–H and O–H groups in total. The van der Waals surface area contributed by atoms with Crippen LogP contribution in [0.15, 0.2) is 35.6 Å². The number of nitrogens with zero attached hydrogens (tertiary/aromatic N) is 3. The highest BCUT2D eigenvalue weighted by Gasteiger charge is 2.03. The van der Waals surface area contributed by atoms with Crippen LogP contribution in [-0.2, 0) is 0 Å². The van der Waals surface area contributed by atoms with Crippen molar-refractivity contribution in [3.8, 4) is 0 Å².